The van der Waals surface area contributed by atoms with Crippen LogP contribution < -0.4 is 0 Å². The molecule has 2 heterocycles. The third kappa shape index (κ3) is 1.34. The molecule has 5 heteroatoms. The van der Waals surface area contributed by atoms with Crippen molar-refractivity contribution in [1.29, 1.82) is 5.26 Å². The fourth-order valence-corrected chi connectivity index (χ4v) is 3.85. The quantitative estimate of drug-likeness (QED) is 0.661. The summed E-state index contributed by atoms with van der Waals surface area (Å²) in [6.07, 6.45) is 4.99. The maximum absolute atomic E-state index is 12.5. The fourth-order valence-electron chi connectivity index (χ4n) is 3.85. The molecule has 1 saturated heterocycles. The molecule has 5 nitrogen and oxygen atoms in total. The number of rotatable bonds is 0. The number of carbonyl (C=O) groups excluding carboxylic acids is 2. The highest BCUT2D eigenvalue weighted by Gasteiger charge is 2.66. The van der Waals surface area contributed by atoms with E-state index in [1.54, 1.807) is 18.0 Å². The van der Waals surface area contributed by atoms with Crippen LogP contribution in [0.25, 0.3) is 0 Å². The van der Waals surface area contributed by atoms with Crippen LogP contribution in [0.3, 0.4) is 0 Å². The van der Waals surface area contributed by atoms with Crippen molar-refractivity contribution in [3.05, 3.63) is 11.8 Å². The number of likely N-dealkylation sites (tertiary alicyclic amines) is 1. The Balaban J connectivity index is 2.16. The summed E-state index contributed by atoms with van der Waals surface area (Å²) in [5, 5.41) is 9.05. The van der Waals surface area contributed by atoms with Crippen LogP contribution in [0, 0.1) is 16.7 Å². The number of amides is 1. The third-order valence-corrected chi connectivity index (χ3v) is 4.91. The summed E-state index contributed by atoms with van der Waals surface area (Å²) in [7, 11) is 1.69. The summed E-state index contributed by atoms with van der Waals surface area (Å²) in [6, 6.07) is 2.00. The van der Waals surface area contributed by atoms with Crippen LogP contribution in [0.5, 0.6) is 0 Å². The van der Waals surface area contributed by atoms with Gasteiger partial charge in [-0.1, -0.05) is 0 Å². The zero-order chi connectivity index (χ0) is 13.7. The van der Waals surface area contributed by atoms with E-state index in [1.807, 2.05) is 6.07 Å². The number of Topliss-reactive ketones (excluding diaryl/α,β-unsaturated/α-hetero) is 1. The Labute approximate surface area is 111 Å². The number of hydrogen-bond donors (Lipinski definition) is 0. The second-order valence-electron chi connectivity index (χ2n) is 5.58. The van der Waals surface area contributed by atoms with Crippen LogP contribution >= 0.6 is 0 Å². The van der Waals surface area contributed by atoms with E-state index in [9.17, 15) is 9.59 Å². The first kappa shape index (κ1) is 12.2. The largest absolute Gasteiger partial charge is 0.457 e. The molecule has 0 aromatic carbocycles. The molecule has 3 rings (SSSR count). The normalized spacial score (nSPS) is 37.7. The molecule has 1 aliphatic carbocycles. The zero-order valence-corrected chi connectivity index (χ0v) is 10.9. The van der Waals surface area contributed by atoms with Gasteiger partial charge in [0.1, 0.15) is 11.9 Å². The minimum Gasteiger partial charge on any atom is -0.457 e. The van der Waals surface area contributed by atoms with E-state index in [0.717, 1.165) is 0 Å². The van der Waals surface area contributed by atoms with Crippen LogP contribution in [0.4, 0.5) is 0 Å². The molecule has 0 aromatic rings. The van der Waals surface area contributed by atoms with Crippen molar-refractivity contribution in [2.75, 3.05) is 7.05 Å². The Morgan fingerprint density at radius 2 is 2.16 bits per heavy atom. The highest BCUT2D eigenvalue weighted by atomic mass is 16.5. The van der Waals surface area contributed by atoms with Crippen molar-refractivity contribution < 1.29 is 14.3 Å². The minimum atomic E-state index is -0.933. The minimum absolute atomic E-state index is 0.00971. The number of piperidine rings is 1. The lowest BCUT2D eigenvalue weighted by Crippen LogP contribution is -2.70. The van der Waals surface area contributed by atoms with Crippen molar-refractivity contribution >= 4 is 11.7 Å². The van der Waals surface area contributed by atoms with E-state index in [2.05, 4.69) is 0 Å². The van der Waals surface area contributed by atoms with Gasteiger partial charge < -0.3 is 9.64 Å². The predicted octanol–water partition coefficient (Wildman–Crippen LogP) is 1.50. The number of ether oxygens (including phenoxy) is 1. The van der Waals surface area contributed by atoms with Crippen LogP contribution in [0.15, 0.2) is 11.8 Å². The van der Waals surface area contributed by atoms with Crippen molar-refractivity contribution in [2.45, 2.75) is 44.2 Å². The van der Waals surface area contributed by atoms with Gasteiger partial charge in [-0.15, -0.1) is 0 Å². The third-order valence-electron chi connectivity index (χ3n) is 4.91. The molecule has 3 aliphatic rings. The molecule has 0 aromatic heterocycles. The van der Waals surface area contributed by atoms with Gasteiger partial charge >= 0.3 is 0 Å². The molecule has 1 saturated carbocycles. The van der Waals surface area contributed by atoms with Gasteiger partial charge in [-0.3, -0.25) is 9.59 Å². The van der Waals surface area contributed by atoms with Gasteiger partial charge in [-0.05, 0) is 25.3 Å². The molecule has 0 spiro atoms. The van der Waals surface area contributed by atoms with Crippen LogP contribution in [-0.4, -0.2) is 29.4 Å². The Bertz CT molecular complexity index is 533. The van der Waals surface area contributed by atoms with E-state index in [0.29, 0.717) is 38.5 Å². The van der Waals surface area contributed by atoms with E-state index in [4.69, 9.17) is 10.00 Å². The molecular formula is C14H16N2O3. The van der Waals surface area contributed by atoms with E-state index < -0.39 is 11.1 Å². The number of ketones is 1. The summed E-state index contributed by atoms with van der Waals surface area (Å²) in [4.78, 5) is 26.1. The standard InChI is InChI=1S/C14H16N2O3/c1-16-12(18)5-8-13-7-4-10(9-15)19-14(13,16)6-2-3-11(13)17/h4H,2-3,5-8H2,1H3/t13-,14-/m0/s1. The Kier molecular flexibility index (Phi) is 2.46. The van der Waals surface area contributed by atoms with Crippen LogP contribution in [0.2, 0.25) is 0 Å². The number of nitriles is 1. The van der Waals surface area contributed by atoms with Gasteiger partial charge in [0.05, 0.1) is 5.41 Å². The number of hydrogen-bond acceptors (Lipinski definition) is 4. The van der Waals surface area contributed by atoms with Gasteiger partial charge in [0.25, 0.3) is 0 Å². The Morgan fingerprint density at radius 3 is 2.89 bits per heavy atom. The average molecular weight is 260 g/mol. The number of allylic oxidation sites excluding steroid dienone is 2. The molecule has 0 bridgehead atoms. The van der Waals surface area contributed by atoms with Gasteiger partial charge in [0.15, 0.2) is 11.5 Å². The highest BCUT2D eigenvalue weighted by Crippen LogP contribution is 2.56. The topological polar surface area (TPSA) is 70.4 Å². The number of nitrogens with zero attached hydrogens (tertiary/aromatic N) is 2. The zero-order valence-electron chi connectivity index (χ0n) is 10.9. The van der Waals surface area contributed by atoms with Crippen molar-refractivity contribution in [3.8, 4) is 6.07 Å². The lowest BCUT2D eigenvalue weighted by Gasteiger charge is -2.59. The van der Waals surface area contributed by atoms with E-state index in [-0.39, 0.29) is 17.4 Å². The maximum Gasteiger partial charge on any atom is 0.225 e. The lowest BCUT2D eigenvalue weighted by atomic mass is 9.59. The molecule has 0 radical (unpaired) electrons. The first-order valence-corrected chi connectivity index (χ1v) is 6.65. The Morgan fingerprint density at radius 1 is 1.37 bits per heavy atom. The smallest absolute Gasteiger partial charge is 0.225 e. The molecule has 2 aliphatic heterocycles. The SMILES string of the molecule is CN1C(=O)CC[C@]23CC=C(C#N)O[C@]12CCCC3=O. The van der Waals surface area contributed by atoms with Crippen LogP contribution in [-0.2, 0) is 14.3 Å². The maximum atomic E-state index is 12.5. The molecule has 2 atom stereocenters. The van der Waals surface area contributed by atoms with Gasteiger partial charge in [0.2, 0.25) is 5.91 Å². The molecule has 19 heavy (non-hydrogen) atoms. The highest BCUT2D eigenvalue weighted by molar-refractivity contribution is 5.91. The van der Waals surface area contributed by atoms with Crippen molar-refractivity contribution in [2.24, 2.45) is 5.41 Å². The van der Waals surface area contributed by atoms with E-state index >= 15 is 0 Å². The van der Waals surface area contributed by atoms with Crippen LogP contribution in [0.1, 0.15) is 38.5 Å². The summed E-state index contributed by atoms with van der Waals surface area (Å²) in [5.41, 5.74) is -1.58. The number of carbonyl (C=O) groups is 2. The lowest BCUT2D eigenvalue weighted by molar-refractivity contribution is -0.232. The van der Waals surface area contributed by atoms with Gasteiger partial charge in [-0.2, -0.15) is 5.26 Å². The second kappa shape index (κ2) is 3.83. The molecule has 2 fully saturated rings. The Hall–Kier alpha value is -1.83. The van der Waals surface area contributed by atoms with Crippen molar-refractivity contribution in [3.63, 3.8) is 0 Å². The monoisotopic (exact) mass is 260 g/mol. The molecule has 1 amide bonds. The van der Waals surface area contributed by atoms with Crippen molar-refractivity contribution in [1.82, 2.24) is 4.90 Å². The fraction of sp³-hybridized carbons (Fsp3) is 0.643. The van der Waals surface area contributed by atoms with Gasteiger partial charge in [0, 0.05) is 26.3 Å². The molecular weight excluding hydrogens is 244 g/mol. The molecule has 100 valence electrons. The predicted molar refractivity (Wildman–Crippen MR) is 65.4 cm³/mol. The molecule has 0 unspecified atom stereocenters. The summed E-state index contributed by atoms with van der Waals surface area (Å²) >= 11 is 0. The summed E-state index contributed by atoms with van der Waals surface area (Å²) in [5.74, 6) is 0.391. The molecule has 0 N–H and O–H groups in total. The summed E-state index contributed by atoms with van der Waals surface area (Å²) in [6.45, 7) is 0. The van der Waals surface area contributed by atoms with E-state index in [1.165, 1.54) is 0 Å². The first-order valence-electron chi connectivity index (χ1n) is 6.65. The summed E-state index contributed by atoms with van der Waals surface area (Å²) < 4.78 is 5.86. The van der Waals surface area contributed by atoms with Gasteiger partial charge in [-0.25, -0.2) is 0 Å². The first-order chi connectivity index (χ1) is 9.06. The average Bonchev–Trinajstić information content (AvgIpc) is 2.43. The second-order valence-corrected chi connectivity index (χ2v) is 5.58.